The van der Waals surface area contributed by atoms with Crippen molar-refractivity contribution in [2.75, 3.05) is 13.7 Å². The van der Waals surface area contributed by atoms with Crippen molar-refractivity contribution in [2.45, 2.75) is 20.0 Å². The molecule has 0 bridgehead atoms. The first kappa shape index (κ1) is 15.1. The number of aromatic nitrogens is 3. The first-order valence-electron chi connectivity index (χ1n) is 6.45. The molecule has 0 atom stereocenters. The molecule has 0 aliphatic carbocycles. The standard InChI is InChI=1S/C13H17N5O3/c1-9-7-10(18(19)20)3-4-11(9)13-16-15-12(8-14)17(13)5-6-21-2/h3-4,7H,5-6,8,14H2,1-2H3. The van der Waals surface area contributed by atoms with Crippen LogP contribution in [0.4, 0.5) is 5.69 Å². The predicted molar refractivity (Wildman–Crippen MR) is 76.6 cm³/mol. The molecular formula is C13H17N5O3. The maximum atomic E-state index is 10.8. The third kappa shape index (κ3) is 3.06. The Hall–Kier alpha value is -2.32. The lowest BCUT2D eigenvalue weighted by molar-refractivity contribution is -0.384. The molecule has 0 saturated carbocycles. The van der Waals surface area contributed by atoms with E-state index in [9.17, 15) is 10.1 Å². The number of nitrogens with two attached hydrogens (primary N) is 1. The number of nitro groups is 1. The van der Waals surface area contributed by atoms with E-state index < -0.39 is 4.92 Å². The highest BCUT2D eigenvalue weighted by atomic mass is 16.6. The summed E-state index contributed by atoms with van der Waals surface area (Å²) >= 11 is 0. The first-order chi connectivity index (χ1) is 10.1. The van der Waals surface area contributed by atoms with Crippen molar-refractivity contribution in [3.63, 3.8) is 0 Å². The van der Waals surface area contributed by atoms with Gasteiger partial charge in [0.1, 0.15) is 5.82 Å². The number of methoxy groups -OCH3 is 1. The van der Waals surface area contributed by atoms with E-state index in [1.807, 2.05) is 4.57 Å². The fraction of sp³-hybridized carbons (Fsp3) is 0.385. The Morgan fingerprint density at radius 1 is 1.43 bits per heavy atom. The summed E-state index contributed by atoms with van der Waals surface area (Å²) in [5.41, 5.74) is 7.27. The minimum Gasteiger partial charge on any atom is -0.383 e. The van der Waals surface area contributed by atoms with Crippen LogP contribution in [0.2, 0.25) is 0 Å². The Bertz CT molecular complexity index is 653. The van der Waals surface area contributed by atoms with Crippen molar-refractivity contribution in [3.05, 3.63) is 39.7 Å². The fourth-order valence-electron chi connectivity index (χ4n) is 2.12. The van der Waals surface area contributed by atoms with Crippen LogP contribution in [0.15, 0.2) is 18.2 Å². The zero-order valence-corrected chi connectivity index (χ0v) is 11.9. The maximum Gasteiger partial charge on any atom is 0.269 e. The molecule has 1 heterocycles. The molecule has 112 valence electrons. The van der Waals surface area contributed by atoms with E-state index in [1.54, 1.807) is 20.1 Å². The van der Waals surface area contributed by atoms with E-state index in [2.05, 4.69) is 10.2 Å². The second-order valence-corrected chi connectivity index (χ2v) is 4.54. The quantitative estimate of drug-likeness (QED) is 0.634. The number of ether oxygens (including phenoxy) is 1. The Morgan fingerprint density at radius 2 is 2.19 bits per heavy atom. The van der Waals surface area contributed by atoms with Gasteiger partial charge >= 0.3 is 0 Å². The smallest absolute Gasteiger partial charge is 0.269 e. The van der Waals surface area contributed by atoms with E-state index in [0.29, 0.717) is 24.8 Å². The van der Waals surface area contributed by atoms with Gasteiger partial charge in [-0.3, -0.25) is 10.1 Å². The van der Waals surface area contributed by atoms with Gasteiger partial charge in [-0.15, -0.1) is 10.2 Å². The van der Waals surface area contributed by atoms with Crippen molar-refractivity contribution in [1.82, 2.24) is 14.8 Å². The maximum absolute atomic E-state index is 10.8. The van der Waals surface area contributed by atoms with Gasteiger partial charge in [0.2, 0.25) is 0 Å². The van der Waals surface area contributed by atoms with Crippen LogP contribution in [-0.4, -0.2) is 33.4 Å². The Balaban J connectivity index is 2.46. The number of non-ortho nitro benzene ring substituents is 1. The average Bonchev–Trinajstić information content (AvgIpc) is 2.87. The van der Waals surface area contributed by atoms with Crippen molar-refractivity contribution >= 4 is 5.69 Å². The fourth-order valence-corrected chi connectivity index (χ4v) is 2.12. The van der Waals surface area contributed by atoms with Crippen LogP contribution >= 0.6 is 0 Å². The Morgan fingerprint density at radius 3 is 2.76 bits per heavy atom. The number of rotatable bonds is 6. The van der Waals surface area contributed by atoms with Gasteiger partial charge in [0.05, 0.1) is 18.1 Å². The molecule has 0 amide bonds. The molecule has 2 aromatic rings. The van der Waals surface area contributed by atoms with Gasteiger partial charge in [-0.2, -0.15) is 0 Å². The summed E-state index contributed by atoms with van der Waals surface area (Å²) in [6.45, 7) is 3.15. The molecule has 1 aromatic carbocycles. The Labute approximate surface area is 121 Å². The highest BCUT2D eigenvalue weighted by Crippen LogP contribution is 2.26. The van der Waals surface area contributed by atoms with E-state index in [1.165, 1.54) is 12.1 Å². The molecule has 8 heteroatoms. The van der Waals surface area contributed by atoms with Crippen molar-refractivity contribution in [2.24, 2.45) is 5.73 Å². The van der Waals surface area contributed by atoms with Crippen molar-refractivity contribution < 1.29 is 9.66 Å². The summed E-state index contributed by atoms with van der Waals surface area (Å²) < 4.78 is 6.95. The summed E-state index contributed by atoms with van der Waals surface area (Å²) in [7, 11) is 1.61. The van der Waals surface area contributed by atoms with Crippen molar-refractivity contribution in [3.8, 4) is 11.4 Å². The molecule has 0 radical (unpaired) electrons. The molecule has 0 spiro atoms. The van der Waals surface area contributed by atoms with Gasteiger partial charge in [-0.1, -0.05) is 0 Å². The largest absolute Gasteiger partial charge is 0.383 e. The lowest BCUT2D eigenvalue weighted by atomic mass is 10.1. The number of nitrogens with zero attached hydrogens (tertiary/aromatic N) is 4. The first-order valence-corrected chi connectivity index (χ1v) is 6.45. The molecule has 0 fully saturated rings. The summed E-state index contributed by atoms with van der Waals surface area (Å²) in [6, 6.07) is 4.66. The highest BCUT2D eigenvalue weighted by molar-refractivity contribution is 5.63. The van der Waals surface area contributed by atoms with E-state index in [-0.39, 0.29) is 12.2 Å². The topological polar surface area (TPSA) is 109 Å². The van der Waals surface area contributed by atoms with Gasteiger partial charge in [0.15, 0.2) is 5.82 Å². The molecule has 2 N–H and O–H groups in total. The van der Waals surface area contributed by atoms with Crippen LogP contribution in [0.5, 0.6) is 0 Å². The van der Waals surface area contributed by atoms with Gasteiger partial charge < -0.3 is 15.0 Å². The monoisotopic (exact) mass is 291 g/mol. The van der Waals surface area contributed by atoms with Crippen LogP contribution in [0.3, 0.4) is 0 Å². The van der Waals surface area contributed by atoms with Crippen molar-refractivity contribution in [1.29, 1.82) is 0 Å². The molecule has 0 unspecified atom stereocenters. The lowest BCUT2D eigenvalue weighted by Gasteiger charge is -2.10. The van der Waals surface area contributed by atoms with Crippen LogP contribution in [-0.2, 0) is 17.8 Å². The van der Waals surface area contributed by atoms with Gasteiger partial charge in [-0.05, 0) is 18.6 Å². The zero-order chi connectivity index (χ0) is 15.4. The average molecular weight is 291 g/mol. The van der Waals surface area contributed by atoms with Crippen LogP contribution in [0.1, 0.15) is 11.4 Å². The normalized spacial score (nSPS) is 10.8. The zero-order valence-electron chi connectivity index (χ0n) is 11.9. The van der Waals surface area contributed by atoms with Gasteiger partial charge in [-0.25, -0.2) is 0 Å². The van der Waals surface area contributed by atoms with Gasteiger partial charge in [0, 0.05) is 31.4 Å². The Kier molecular flexibility index (Phi) is 4.61. The summed E-state index contributed by atoms with van der Waals surface area (Å²) in [5.74, 6) is 1.29. The van der Waals surface area contributed by atoms with E-state index >= 15 is 0 Å². The van der Waals surface area contributed by atoms with Crippen LogP contribution in [0, 0.1) is 17.0 Å². The molecule has 2 rings (SSSR count). The van der Waals surface area contributed by atoms with E-state index in [0.717, 1.165) is 11.1 Å². The summed E-state index contributed by atoms with van der Waals surface area (Å²) in [4.78, 5) is 10.4. The number of hydrogen-bond acceptors (Lipinski definition) is 6. The number of nitro benzene ring substituents is 1. The number of aryl methyl sites for hydroxylation is 1. The molecule has 0 aliphatic heterocycles. The minimum atomic E-state index is -0.419. The van der Waals surface area contributed by atoms with Crippen LogP contribution < -0.4 is 5.73 Å². The predicted octanol–water partition coefficient (Wildman–Crippen LogP) is 1.27. The summed E-state index contributed by atoms with van der Waals surface area (Å²) in [5, 5.41) is 19.0. The molecule has 8 nitrogen and oxygen atoms in total. The second kappa shape index (κ2) is 6.42. The number of benzene rings is 1. The molecule has 0 saturated heterocycles. The van der Waals surface area contributed by atoms with Gasteiger partial charge in [0.25, 0.3) is 5.69 Å². The lowest BCUT2D eigenvalue weighted by Crippen LogP contribution is -2.13. The molecule has 21 heavy (non-hydrogen) atoms. The van der Waals surface area contributed by atoms with Crippen LogP contribution in [0.25, 0.3) is 11.4 Å². The minimum absolute atomic E-state index is 0.0539. The van der Waals surface area contributed by atoms with E-state index in [4.69, 9.17) is 10.5 Å². The third-order valence-electron chi connectivity index (χ3n) is 3.19. The molecular weight excluding hydrogens is 274 g/mol. The highest BCUT2D eigenvalue weighted by Gasteiger charge is 2.16. The molecule has 0 aliphatic rings. The second-order valence-electron chi connectivity index (χ2n) is 4.54. The summed E-state index contributed by atoms with van der Waals surface area (Å²) in [6.07, 6.45) is 0. The molecule has 1 aromatic heterocycles. The SMILES string of the molecule is COCCn1c(CN)nnc1-c1ccc([N+](=O)[O-])cc1C. The number of hydrogen-bond donors (Lipinski definition) is 1. The third-order valence-corrected chi connectivity index (χ3v) is 3.19.